The van der Waals surface area contributed by atoms with E-state index in [0.717, 1.165) is 37.7 Å². The Labute approximate surface area is 111 Å². The van der Waals surface area contributed by atoms with E-state index in [1.54, 1.807) is 12.1 Å². The van der Waals surface area contributed by atoms with Gasteiger partial charge in [-0.1, -0.05) is 12.1 Å². The molecule has 1 aromatic rings. The molecule has 2 aliphatic rings. The Balaban J connectivity index is 1.62. The monoisotopic (exact) mass is 262 g/mol. The quantitative estimate of drug-likeness (QED) is 0.666. The molecule has 102 valence electrons. The highest BCUT2D eigenvalue weighted by Gasteiger charge is 2.49. The maximum Gasteiger partial charge on any atom is 0.269 e. The number of nitrogens with zero attached hydrogens (tertiary/aromatic N) is 1. The van der Waals surface area contributed by atoms with Crippen LogP contribution in [0.3, 0.4) is 0 Å². The third kappa shape index (κ3) is 2.35. The molecule has 5 heteroatoms. The summed E-state index contributed by atoms with van der Waals surface area (Å²) in [5.41, 5.74) is 7.46. The highest BCUT2D eigenvalue weighted by atomic mass is 16.6. The van der Waals surface area contributed by atoms with Crippen LogP contribution in [0.1, 0.15) is 31.2 Å². The summed E-state index contributed by atoms with van der Waals surface area (Å²) in [5.74, 6) is 0. The lowest BCUT2D eigenvalue weighted by Crippen LogP contribution is -2.48. The lowest BCUT2D eigenvalue weighted by Gasteiger charge is -2.31. The Morgan fingerprint density at radius 3 is 2.63 bits per heavy atom. The topological polar surface area (TPSA) is 78.4 Å². The normalized spacial score (nSPS) is 32.7. The molecule has 2 aliphatic heterocycles. The minimum atomic E-state index is -0.377. The zero-order chi connectivity index (χ0) is 13.5. The number of fused-ring (bicyclic) bond motifs is 2. The van der Waals surface area contributed by atoms with E-state index < -0.39 is 0 Å². The number of ether oxygens (including phenoxy) is 1. The molecule has 2 heterocycles. The lowest BCUT2D eigenvalue weighted by molar-refractivity contribution is -0.384. The smallest absolute Gasteiger partial charge is 0.269 e. The average molecular weight is 262 g/mol. The molecule has 2 fully saturated rings. The van der Waals surface area contributed by atoms with Crippen molar-refractivity contribution in [2.75, 3.05) is 0 Å². The number of nitro groups is 1. The van der Waals surface area contributed by atoms with Gasteiger partial charge in [0.25, 0.3) is 5.69 Å². The summed E-state index contributed by atoms with van der Waals surface area (Å²) >= 11 is 0. The van der Waals surface area contributed by atoms with Gasteiger partial charge >= 0.3 is 0 Å². The Bertz CT molecular complexity index is 488. The zero-order valence-electron chi connectivity index (χ0n) is 10.7. The Morgan fingerprint density at radius 2 is 2.11 bits per heavy atom. The van der Waals surface area contributed by atoms with Crippen molar-refractivity contribution in [3.8, 4) is 0 Å². The lowest BCUT2D eigenvalue weighted by atomic mass is 9.78. The van der Waals surface area contributed by atoms with Gasteiger partial charge in [0.2, 0.25) is 0 Å². The molecule has 3 atom stereocenters. The summed E-state index contributed by atoms with van der Waals surface area (Å²) < 4.78 is 5.81. The minimum Gasteiger partial charge on any atom is -0.373 e. The number of nitrogens with two attached hydrogens (primary N) is 1. The van der Waals surface area contributed by atoms with E-state index in [0.29, 0.717) is 6.10 Å². The molecule has 5 nitrogen and oxygen atoms in total. The van der Waals surface area contributed by atoms with Gasteiger partial charge in [0.1, 0.15) is 0 Å². The molecular weight excluding hydrogens is 244 g/mol. The number of hydrogen-bond acceptors (Lipinski definition) is 4. The Kier molecular flexibility index (Phi) is 3.03. The van der Waals surface area contributed by atoms with Crippen LogP contribution in [0.2, 0.25) is 0 Å². The third-order valence-electron chi connectivity index (χ3n) is 4.38. The fraction of sp³-hybridized carbons (Fsp3) is 0.571. The second kappa shape index (κ2) is 4.58. The fourth-order valence-electron chi connectivity index (χ4n) is 3.26. The van der Waals surface area contributed by atoms with E-state index >= 15 is 0 Å². The first-order valence-electron chi connectivity index (χ1n) is 6.74. The van der Waals surface area contributed by atoms with Crippen molar-refractivity contribution < 1.29 is 9.66 Å². The number of benzene rings is 1. The van der Waals surface area contributed by atoms with Gasteiger partial charge in [0.05, 0.1) is 17.1 Å². The van der Waals surface area contributed by atoms with E-state index in [2.05, 4.69) is 0 Å². The first-order chi connectivity index (χ1) is 9.07. The van der Waals surface area contributed by atoms with Gasteiger partial charge in [-0.3, -0.25) is 10.1 Å². The Morgan fingerprint density at radius 1 is 1.37 bits per heavy atom. The van der Waals surface area contributed by atoms with Crippen molar-refractivity contribution in [1.82, 2.24) is 0 Å². The first kappa shape index (κ1) is 12.6. The van der Waals surface area contributed by atoms with Crippen molar-refractivity contribution in [2.45, 2.75) is 49.9 Å². The molecule has 0 amide bonds. The number of hydrogen-bond donors (Lipinski definition) is 1. The maximum atomic E-state index is 10.6. The van der Waals surface area contributed by atoms with Crippen molar-refractivity contribution in [2.24, 2.45) is 5.73 Å². The molecule has 3 rings (SSSR count). The molecule has 0 aliphatic carbocycles. The second-order valence-corrected chi connectivity index (χ2v) is 5.68. The van der Waals surface area contributed by atoms with Crippen molar-refractivity contribution in [3.05, 3.63) is 39.9 Å². The van der Waals surface area contributed by atoms with Gasteiger partial charge in [0.15, 0.2) is 0 Å². The summed E-state index contributed by atoms with van der Waals surface area (Å²) in [7, 11) is 0. The number of nitro benzene ring substituents is 1. The van der Waals surface area contributed by atoms with Gasteiger partial charge < -0.3 is 10.5 Å². The third-order valence-corrected chi connectivity index (χ3v) is 4.38. The molecule has 0 spiro atoms. The van der Waals surface area contributed by atoms with Gasteiger partial charge in [0, 0.05) is 17.7 Å². The van der Waals surface area contributed by atoms with E-state index in [1.165, 1.54) is 0 Å². The van der Waals surface area contributed by atoms with Crippen LogP contribution in [0.25, 0.3) is 0 Å². The van der Waals surface area contributed by atoms with Crippen LogP contribution in [-0.2, 0) is 11.2 Å². The van der Waals surface area contributed by atoms with Crippen LogP contribution in [0, 0.1) is 10.1 Å². The molecule has 0 radical (unpaired) electrons. The molecule has 0 aromatic heterocycles. The molecule has 1 aromatic carbocycles. The van der Waals surface area contributed by atoms with E-state index in [1.807, 2.05) is 12.1 Å². The number of aryl methyl sites for hydroxylation is 1. The molecule has 2 N–H and O–H groups in total. The Hall–Kier alpha value is -1.46. The number of rotatable bonds is 4. The summed E-state index contributed by atoms with van der Waals surface area (Å²) in [4.78, 5) is 10.2. The van der Waals surface area contributed by atoms with Crippen LogP contribution < -0.4 is 5.73 Å². The molecule has 3 unspecified atom stereocenters. The van der Waals surface area contributed by atoms with Gasteiger partial charge in [-0.15, -0.1) is 0 Å². The highest BCUT2D eigenvalue weighted by molar-refractivity contribution is 5.33. The average Bonchev–Trinajstić information content (AvgIpc) is 2.97. The molecule has 19 heavy (non-hydrogen) atoms. The SMILES string of the molecule is NC1(CCc2ccc([N+](=O)[O-])cc2)CC2CCC1O2. The van der Waals surface area contributed by atoms with E-state index in [-0.39, 0.29) is 22.3 Å². The highest BCUT2D eigenvalue weighted by Crippen LogP contribution is 2.42. The molecule has 2 bridgehead atoms. The first-order valence-corrected chi connectivity index (χ1v) is 6.74. The van der Waals surface area contributed by atoms with Gasteiger partial charge in [-0.2, -0.15) is 0 Å². The van der Waals surface area contributed by atoms with Crippen molar-refractivity contribution in [1.29, 1.82) is 0 Å². The zero-order valence-corrected chi connectivity index (χ0v) is 10.7. The van der Waals surface area contributed by atoms with Crippen molar-refractivity contribution >= 4 is 5.69 Å². The van der Waals surface area contributed by atoms with Crippen LogP contribution in [0.4, 0.5) is 5.69 Å². The fourth-order valence-corrected chi connectivity index (χ4v) is 3.26. The van der Waals surface area contributed by atoms with E-state index in [9.17, 15) is 10.1 Å². The summed E-state index contributed by atoms with van der Waals surface area (Å²) in [5, 5.41) is 10.6. The molecule has 2 saturated heterocycles. The summed E-state index contributed by atoms with van der Waals surface area (Å²) in [6, 6.07) is 6.73. The molecule has 0 saturated carbocycles. The van der Waals surface area contributed by atoms with Crippen LogP contribution in [0.15, 0.2) is 24.3 Å². The van der Waals surface area contributed by atoms with Crippen LogP contribution in [-0.4, -0.2) is 22.7 Å². The predicted octanol–water partition coefficient (Wildman–Crippen LogP) is 2.18. The summed E-state index contributed by atoms with van der Waals surface area (Å²) in [6.07, 6.45) is 5.45. The predicted molar refractivity (Wildman–Crippen MR) is 70.8 cm³/mol. The minimum absolute atomic E-state index is 0.134. The largest absolute Gasteiger partial charge is 0.373 e. The van der Waals surface area contributed by atoms with Gasteiger partial charge in [-0.25, -0.2) is 0 Å². The maximum absolute atomic E-state index is 10.6. The molecular formula is C14H18N2O3. The summed E-state index contributed by atoms with van der Waals surface area (Å²) in [6.45, 7) is 0. The number of non-ortho nitro benzene ring substituents is 1. The van der Waals surface area contributed by atoms with Crippen LogP contribution >= 0.6 is 0 Å². The standard InChI is InChI=1S/C14H18N2O3/c15-14(9-12-5-6-13(14)19-12)8-7-10-1-3-11(4-2-10)16(17)18/h1-4,12-13H,5-9,15H2. The van der Waals surface area contributed by atoms with Gasteiger partial charge in [-0.05, 0) is 37.7 Å². The van der Waals surface area contributed by atoms with Crippen LogP contribution in [0.5, 0.6) is 0 Å². The van der Waals surface area contributed by atoms with E-state index in [4.69, 9.17) is 10.5 Å². The second-order valence-electron chi connectivity index (χ2n) is 5.68. The van der Waals surface area contributed by atoms with Crippen molar-refractivity contribution in [3.63, 3.8) is 0 Å².